The molecule has 0 spiro atoms. The molecule has 0 saturated heterocycles. The van der Waals surface area contributed by atoms with Crippen molar-refractivity contribution in [2.24, 2.45) is 0 Å². The molecule has 15 heavy (non-hydrogen) atoms. The van der Waals surface area contributed by atoms with Crippen molar-refractivity contribution in [3.63, 3.8) is 0 Å². The van der Waals surface area contributed by atoms with Crippen molar-refractivity contribution in [1.29, 1.82) is 0 Å². The van der Waals surface area contributed by atoms with E-state index in [1.54, 1.807) is 6.07 Å². The number of halogens is 2. The van der Waals surface area contributed by atoms with Gasteiger partial charge in [-0.2, -0.15) is 0 Å². The minimum Gasteiger partial charge on any atom is -0.313 e. The second-order valence-corrected chi connectivity index (χ2v) is 3.23. The zero-order valence-corrected chi connectivity index (χ0v) is 8.39. The molecule has 3 heteroatoms. The van der Waals surface area contributed by atoms with Crippen LogP contribution in [0.4, 0.5) is 8.78 Å². The molecule has 0 atom stereocenters. The van der Waals surface area contributed by atoms with Gasteiger partial charge in [0.1, 0.15) is 0 Å². The van der Waals surface area contributed by atoms with Crippen molar-refractivity contribution in [3.05, 3.63) is 35.4 Å². The fourth-order valence-corrected chi connectivity index (χ4v) is 1.20. The lowest BCUT2D eigenvalue weighted by Crippen LogP contribution is -2.14. The van der Waals surface area contributed by atoms with Gasteiger partial charge in [-0.25, -0.2) is 8.78 Å². The molecular formula is C12H13F2N. The van der Waals surface area contributed by atoms with Crippen LogP contribution in [-0.2, 0) is 6.54 Å². The summed E-state index contributed by atoms with van der Waals surface area (Å²) in [5, 5.41) is 3.10. The van der Waals surface area contributed by atoms with Crippen LogP contribution < -0.4 is 5.32 Å². The van der Waals surface area contributed by atoms with E-state index >= 15 is 0 Å². The molecule has 0 heterocycles. The molecule has 0 bridgehead atoms. The van der Waals surface area contributed by atoms with Gasteiger partial charge < -0.3 is 5.32 Å². The Hall–Kier alpha value is -1.40. The molecule has 0 radical (unpaired) electrons. The van der Waals surface area contributed by atoms with E-state index < -0.39 is 11.6 Å². The SMILES string of the molecule is C#CCCCNCc1ccc(F)c(F)c1. The minimum absolute atomic E-state index is 0.530. The van der Waals surface area contributed by atoms with E-state index in [0.717, 1.165) is 31.0 Å². The Balaban J connectivity index is 2.32. The van der Waals surface area contributed by atoms with Gasteiger partial charge in [0.2, 0.25) is 0 Å². The number of hydrogen-bond acceptors (Lipinski definition) is 1. The smallest absolute Gasteiger partial charge is 0.159 e. The van der Waals surface area contributed by atoms with Crippen LogP contribution >= 0.6 is 0 Å². The average molecular weight is 209 g/mol. The fraction of sp³-hybridized carbons (Fsp3) is 0.333. The van der Waals surface area contributed by atoms with Crippen LogP contribution in [0.3, 0.4) is 0 Å². The van der Waals surface area contributed by atoms with E-state index in [4.69, 9.17) is 6.42 Å². The Kier molecular flexibility index (Phi) is 4.79. The Morgan fingerprint density at radius 2 is 2.07 bits per heavy atom. The third-order valence-electron chi connectivity index (χ3n) is 1.99. The topological polar surface area (TPSA) is 12.0 Å². The maximum absolute atomic E-state index is 12.8. The third-order valence-corrected chi connectivity index (χ3v) is 1.99. The van der Waals surface area contributed by atoms with Crippen molar-refractivity contribution in [1.82, 2.24) is 5.32 Å². The molecule has 0 unspecified atom stereocenters. The number of benzene rings is 1. The quantitative estimate of drug-likeness (QED) is 0.580. The Labute approximate surface area is 88.5 Å². The van der Waals surface area contributed by atoms with E-state index in [0.29, 0.717) is 6.54 Å². The van der Waals surface area contributed by atoms with Crippen molar-refractivity contribution in [2.75, 3.05) is 6.54 Å². The molecule has 1 rings (SSSR count). The highest BCUT2D eigenvalue weighted by atomic mass is 19.2. The largest absolute Gasteiger partial charge is 0.313 e. The molecule has 80 valence electrons. The van der Waals surface area contributed by atoms with Crippen LogP contribution in [0, 0.1) is 24.0 Å². The van der Waals surface area contributed by atoms with E-state index in [1.165, 1.54) is 6.07 Å². The first-order valence-electron chi connectivity index (χ1n) is 4.82. The average Bonchev–Trinajstić information content (AvgIpc) is 2.23. The summed E-state index contributed by atoms with van der Waals surface area (Å²) < 4.78 is 25.3. The van der Waals surface area contributed by atoms with E-state index in [-0.39, 0.29) is 0 Å². The van der Waals surface area contributed by atoms with E-state index in [1.807, 2.05) is 0 Å². The van der Waals surface area contributed by atoms with E-state index in [2.05, 4.69) is 11.2 Å². The van der Waals surface area contributed by atoms with Crippen molar-refractivity contribution >= 4 is 0 Å². The molecule has 0 fully saturated rings. The molecule has 0 aromatic heterocycles. The highest BCUT2D eigenvalue weighted by Gasteiger charge is 2.01. The van der Waals surface area contributed by atoms with Crippen LogP contribution in [-0.4, -0.2) is 6.54 Å². The maximum atomic E-state index is 12.8. The molecule has 0 aliphatic heterocycles. The lowest BCUT2D eigenvalue weighted by Gasteiger charge is -2.03. The molecule has 0 aliphatic rings. The normalized spacial score (nSPS) is 9.93. The Morgan fingerprint density at radius 1 is 1.27 bits per heavy atom. The van der Waals surface area contributed by atoms with Gasteiger partial charge in [0.25, 0.3) is 0 Å². The fourth-order valence-electron chi connectivity index (χ4n) is 1.20. The van der Waals surface area contributed by atoms with Crippen molar-refractivity contribution < 1.29 is 8.78 Å². The first-order chi connectivity index (χ1) is 7.24. The lowest BCUT2D eigenvalue weighted by atomic mass is 10.2. The molecular weight excluding hydrogens is 196 g/mol. The molecule has 1 N–H and O–H groups in total. The maximum Gasteiger partial charge on any atom is 0.159 e. The van der Waals surface area contributed by atoms with E-state index in [9.17, 15) is 8.78 Å². The number of unbranched alkanes of at least 4 members (excludes halogenated alkanes) is 1. The molecule has 0 amide bonds. The summed E-state index contributed by atoms with van der Waals surface area (Å²) in [5.74, 6) is 0.912. The minimum atomic E-state index is -0.814. The van der Waals surface area contributed by atoms with Gasteiger partial charge >= 0.3 is 0 Å². The van der Waals surface area contributed by atoms with Crippen LogP contribution in [0.1, 0.15) is 18.4 Å². The summed E-state index contributed by atoms with van der Waals surface area (Å²) in [6.07, 6.45) is 6.71. The van der Waals surface area contributed by atoms with Crippen LogP contribution in [0.5, 0.6) is 0 Å². The number of rotatable bonds is 5. The molecule has 1 aromatic rings. The van der Waals surface area contributed by atoms with Crippen LogP contribution in [0.15, 0.2) is 18.2 Å². The summed E-state index contributed by atoms with van der Waals surface area (Å²) in [4.78, 5) is 0. The summed E-state index contributed by atoms with van der Waals surface area (Å²) in [7, 11) is 0. The van der Waals surface area contributed by atoms with Gasteiger partial charge in [-0.15, -0.1) is 12.3 Å². The first kappa shape index (κ1) is 11.7. The highest BCUT2D eigenvalue weighted by Crippen LogP contribution is 2.08. The van der Waals surface area contributed by atoms with Crippen LogP contribution in [0.2, 0.25) is 0 Å². The molecule has 0 aliphatic carbocycles. The molecule has 1 nitrogen and oxygen atoms in total. The summed E-state index contributed by atoms with van der Waals surface area (Å²) in [6, 6.07) is 3.89. The lowest BCUT2D eigenvalue weighted by molar-refractivity contribution is 0.506. The molecule has 1 aromatic carbocycles. The summed E-state index contributed by atoms with van der Waals surface area (Å²) >= 11 is 0. The second kappa shape index (κ2) is 6.15. The number of nitrogens with one attached hydrogen (secondary N) is 1. The molecule has 0 saturated carbocycles. The van der Waals surface area contributed by atoms with Gasteiger partial charge in [0.15, 0.2) is 11.6 Å². The van der Waals surface area contributed by atoms with Gasteiger partial charge in [0, 0.05) is 13.0 Å². The van der Waals surface area contributed by atoms with Gasteiger partial charge in [-0.1, -0.05) is 6.07 Å². The zero-order valence-electron chi connectivity index (χ0n) is 8.39. The number of terminal acetylenes is 1. The van der Waals surface area contributed by atoms with Gasteiger partial charge in [-0.3, -0.25) is 0 Å². The summed E-state index contributed by atoms with van der Waals surface area (Å²) in [6.45, 7) is 1.31. The number of hydrogen-bond donors (Lipinski definition) is 1. The second-order valence-electron chi connectivity index (χ2n) is 3.23. The zero-order chi connectivity index (χ0) is 11.1. The van der Waals surface area contributed by atoms with Gasteiger partial charge in [0.05, 0.1) is 0 Å². The third kappa shape index (κ3) is 4.09. The first-order valence-corrected chi connectivity index (χ1v) is 4.82. The van der Waals surface area contributed by atoms with Crippen molar-refractivity contribution in [2.45, 2.75) is 19.4 Å². The highest BCUT2D eigenvalue weighted by molar-refractivity contribution is 5.17. The predicted octanol–water partition coefficient (Wildman–Crippen LogP) is 2.47. The predicted molar refractivity (Wildman–Crippen MR) is 56.1 cm³/mol. The standard InChI is InChI=1S/C12H13F2N/c1-2-3-4-7-15-9-10-5-6-11(13)12(14)8-10/h1,5-6,8,15H,3-4,7,9H2. The van der Waals surface area contributed by atoms with Crippen LogP contribution in [0.25, 0.3) is 0 Å². The summed E-state index contributed by atoms with van der Waals surface area (Å²) in [5.41, 5.74) is 0.731. The van der Waals surface area contributed by atoms with Crippen molar-refractivity contribution in [3.8, 4) is 12.3 Å². The van der Waals surface area contributed by atoms with Gasteiger partial charge in [-0.05, 0) is 30.7 Å². The Bertz CT molecular complexity index is 355. The Morgan fingerprint density at radius 3 is 2.73 bits per heavy atom. The monoisotopic (exact) mass is 209 g/mol.